The number of ether oxygens (including phenoxy) is 2. The maximum absolute atomic E-state index is 10.8. The van der Waals surface area contributed by atoms with Crippen molar-refractivity contribution in [2.24, 2.45) is 0 Å². The van der Waals surface area contributed by atoms with Crippen molar-refractivity contribution in [3.63, 3.8) is 0 Å². The van der Waals surface area contributed by atoms with Crippen LogP contribution in [0.1, 0.15) is 13.8 Å². The maximum Gasteiger partial charge on any atom is 1.00 e. The minimum atomic E-state index is -0.742. The van der Waals surface area contributed by atoms with Crippen molar-refractivity contribution in [2.75, 3.05) is 13.2 Å². The van der Waals surface area contributed by atoms with Crippen molar-refractivity contribution >= 4 is 11.9 Å². The molecule has 0 heterocycles. The van der Waals surface area contributed by atoms with E-state index in [-0.39, 0.29) is 54.1 Å². The van der Waals surface area contributed by atoms with Crippen LogP contribution in [0.25, 0.3) is 0 Å². The van der Waals surface area contributed by atoms with Gasteiger partial charge in [-0.2, -0.15) is 0 Å². The molecule has 0 fully saturated rings. The number of esters is 2. The molecule has 0 aromatic carbocycles. The van der Waals surface area contributed by atoms with Crippen molar-refractivity contribution in [1.29, 1.82) is 0 Å². The summed E-state index contributed by atoms with van der Waals surface area (Å²) >= 11 is 0. The van der Waals surface area contributed by atoms with Crippen LogP contribution < -0.4 is 34.7 Å². The number of carbonyl (C=O) groups excluding carboxylic acids is 2. The number of rotatable bonds is 5. The van der Waals surface area contributed by atoms with Crippen LogP contribution in [0.15, 0.2) is 24.0 Å². The van der Waals surface area contributed by atoms with Crippen LogP contribution in [0.5, 0.6) is 0 Å². The first kappa shape index (κ1) is 17.6. The van der Waals surface area contributed by atoms with Crippen molar-refractivity contribution in [3.05, 3.63) is 24.0 Å². The maximum atomic E-state index is 10.8. The van der Waals surface area contributed by atoms with E-state index in [1.807, 2.05) is 0 Å². The van der Waals surface area contributed by atoms with Gasteiger partial charge >= 0.3 is 41.5 Å². The molecule has 0 aliphatic rings. The Morgan fingerprint density at radius 1 is 1.25 bits per heavy atom. The van der Waals surface area contributed by atoms with E-state index >= 15 is 0 Å². The molecule has 0 radical (unpaired) electrons. The first-order valence-electron chi connectivity index (χ1n) is 4.28. The molecule has 0 saturated heterocycles. The molecule has 0 saturated carbocycles. The smallest absolute Gasteiger partial charge is 0.875 e. The molecule has 6 heteroatoms. The van der Waals surface area contributed by atoms with Gasteiger partial charge in [-0.15, -0.1) is 5.76 Å². The van der Waals surface area contributed by atoms with E-state index in [9.17, 15) is 14.7 Å². The molecule has 0 aliphatic carbocycles. The van der Waals surface area contributed by atoms with Gasteiger partial charge in [0.05, 0.1) is 0 Å². The van der Waals surface area contributed by atoms with Gasteiger partial charge in [-0.3, -0.25) is 0 Å². The first-order chi connectivity index (χ1) is 6.93. The van der Waals surface area contributed by atoms with Gasteiger partial charge < -0.3 is 14.6 Å². The predicted molar refractivity (Wildman–Crippen MR) is 50.5 cm³/mol. The van der Waals surface area contributed by atoms with Crippen molar-refractivity contribution < 1.29 is 53.7 Å². The van der Waals surface area contributed by atoms with Gasteiger partial charge in [0, 0.05) is 11.6 Å². The molecule has 0 amide bonds. The third-order valence-electron chi connectivity index (χ3n) is 1.23. The van der Waals surface area contributed by atoms with Crippen LogP contribution >= 0.6 is 0 Å². The zero-order chi connectivity index (χ0) is 11.8. The Bertz CT molecular complexity index is 292. The molecule has 0 rings (SSSR count). The fraction of sp³-hybridized carbons (Fsp3) is 0.400. The summed E-state index contributed by atoms with van der Waals surface area (Å²) in [6.45, 7) is 5.99. The second-order valence-corrected chi connectivity index (χ2v) is 2.84. The van der Waals surface area contributed by atoms with Gasteiger partial charge in [-0.05, 0) is 6.92 Å². The van der Waals surface area contributed by atoms with E-state index in [2.05, 4.69) is 16.1 Å². The Hall–Kier alpha value is -0.780. The molecular weight excluding hydrogens is 223 g/mol. The molecule has 0 atom stereocenters. The fourth-order valence-electron chi connectivity index (χ4n) is 0.607. The molecule has 0 N–H and O–H groups in total. The molecule has 84 valence electrons. The average molecular weight is 236 g/mol. The Kier molecular flexibility index (Phi) is 10.4. The molecule has 0 aliphatic heterocycles. The summed E-state index contributed by atoms with van der Waals surface area (Å²) in [7, 11) is 0. The summed E-state index contributed by atoms with van der Waals surface area (Å²) in [6, 6.07) is 0. The Morgan fingerprint density at radius 2 is 1.75 bits per heavy atom. The number of hydrogen-bond acceptors (Lipinski definition) is 5. The number of allylic oxidation sites excluding steroid dienone is 1. The molecule has 0 unspecified atom stereocenters. The molecule has 0 aromatic rings. The zero-order valence-corrected chi connectivity index (χ0v) is 11.7. The first-order valence-corrected chi connectivity index (χ1v) is 4.28. The van der Waals surface area contributed by atoms with Crippen LogP contribution in [0.2, 0.25) is 0 Å². The second-order valence-electron chi connectivity index (χ2n) is 2.84. The van der Waals surface area contributed by atoms with Gasteiger partial charge in [-0.1, -0.05) is 13.5 Å². The second kappa shape index (κ2) is 9.45. The number of hydrogen-bond donors (Lipinski definition) is 0. The van der Waals surface area contributed by atoms with Crippen LogP contribution in [-0.2, 0) is 19.1 Å². The predicted octanol–water partition coefficient (Wildman–Crippen LogP) is -3.08. The van der Waals surface area contributed by atoms with Gasteiger partial charge in [0.25, 0.3) is 0 Å². The number of carbonyl (C=O) groups is 2. The molecule has 0 aromatic heterocycles. The average Bonchev–Trinajstić information content (AvgIpc) is 2.10. The Morgan fingerprint density at radius 3 is 2.19 bits per heavy atom. The third kappa shape index (κ3) is 9.76. The molecule has 5 nitrogen and oxygen atoms in total. The quantitative estimate of drug-likeness (QED) is 0.166. The van der Waals surface area contributed by atoms with E-state index < -0.39 is 11.9 Å². The summed E-state index contributed by atoms with van der Waals surface area (Å²) in [5.41, 5.74) is 0.275. The normalized spacial score (nSPS) is 10.0. The van der Waals surface area contributed by atoms with Gasteiger partial charge in [0.1, 0.15) is 13.2 Å². The molecule has 0 bridgehead atoms. The van der Waals surface area contributed by atoms with Crippen molar-refractivity contribution in [1.82, 2.24) is 0 Å². The SMILES string of the molecule is C=C(C)C(=O)OCCOC(=O)C=C(C)[O-].[Na+]. The molecule has 16 heavy (non-hydrogen) atoms. The Labute approximate surface area is 116 Å². The van der Waals surface area contributed by atoms with Crippen LogP contribution in [0, 0.1) is 0 Å². The molecule has 0 spiro atoms. The zero-order valence-electron chi connectivity index (χ0n) is 9.74. The van der Waals surface area contributed by atoms with E-state index in [4.69, 9.17) is 0 Å². The summed E-state index contributed by atoms with van der Waals surface area (Å²) in [6.07, 6.45) is 0.820. The summed E-state index contributed by atoms with van der Waals surface area (Å²) in [5, 5.41) is 10.4. The largest absolute Gasteiger partial charge is 1.00 e. The molecular formula is C10H13NaO5. The van der Waals surface area contributed by atoms with E-state index in [1.54, 1.807) is 0 Å². The van der Waals surface area contributed by atoms with Crippen molar-refractivity contribution in [3.8, 4) is 0 Å². The van der Waals surface area contributed by atoms with E-state index in [0.717, 1.165) is 6.08 Å². The van der Waals surface area contributed by atoms with Crippen molar-refractivity contribution in [2.45, 2.75) is 13.8 Å². The third-order valence-corrected chi connectivity index (χ3v) is 1.23. The van der Waals surface area contributed by atoms with E-state index in [1.165, 1.54) is 13.8 Å². The summed E-state index contributed by atoms with van der Waals surface area (Å²) in [4.78, 5) is 21.6. The van der Waals surface area contributed by atoms with Gasteiger partial charge in [0.15, 0.2) is 0 Å². The minimum Gasteiger partial charge on any atom is -0.875 e. The van der Waals surface area contributed by atoms with Gasteiger partial charge in [0.2, 0.25) is 0 Å². The van der Waals surface area contributed by atoms with Gasteiger partial charge in [-0.25, -0.2) is 9.59 Å². The monoisotopic (exact) mass is 236 g/mol. The van der Waals surface area contributed by atoms with Crippen LogP contribution in [0.4, 0.5) is 0 Å². The summed E-state index contributed by atoms with van der Waals surface area (Å²) in [5.74, 6) is -1.67. The summed E-state index contributed by atoms with van der Waals surface area (Å²) < 4.78 is 9.21. The van der Waals surface area contributed by atoms with Crippen LogP contribution in [0.3, 0.4) is 0 Å². The minimum absolute atomic E-state index is 0. The topological polar surface area (TPSA) is 75.7 Å². The van der Waals surface area contributed by atoms with Crippen LogP contribution in [-0.4, -0.2) is 25.2 Å². The standard InChI is InChI=1S/C10H14O5.Na/c1-7(2)10(13)15-5-4-14-9(12)6-8(3)11;/h6,11H,1,4-5H2,2-3H3;/q;+1/p-1. The Balaban J connectivity index is 0. The van der Waals surface area contributed by atoms with E-state index in [0.29, 0.717) is 0 Å². The fourth-order valence-corrected chi connectivity index (χ4v) is 0.607.